The standard InChI is InChI=1S/C14H21N3O2/c1-10-5-6-16(13(7-10)9-15)14-4-3-12(17(18)19)8-11(14)2/h3-4,8,10,13H,5-7,9,15H2,1-2H3. The van der Waals surface area contributed by atoms with E-state index in [1.807, 2.05) is 13.0 Å². The van der Waals surface area contributed by atoms with Crippen LogP contribution in [0.15, 0.2) is 18.2 Å². The minimum Gasteiger partial charge on any atom is -0.367 e. The monoisotopic (exact) mass is 263 g/mol. The lowest BCUT2D eigenvalue weighted by Crippen LogP contribution is -2.46. The fraction of sp³-hybridized carbons (Fsp3) is 0.571. The summed E-state index contributed by atoms with van der Waals surface area (Å²) in [6.07, 6.45) is 2.24. The highest BCUT2D eigenvalue weighted by atomic mass is 16.6. The highest BCUT2D eigenvalue weighted by molar-refractivity contribution is 5.58. The van der Waals surface area contributed by atoms with E-state index < -0.39 is 0 Å². The lowest BCUT2D eigenvalue weighted by atomic mass is 9.91. The molecular weight excluding hydrogens is 242 g/mol. The first kappa shape index (κ1) is 13.8. The fourth-order valence-electron chi connectivity index (χ4n) is 2.87. The minimum absolute atomic E-state index is 0.149. The molecule has 104 valence electrons. The predicted molar refractivity (Wildman–Crippen MR) is 76.4 cm³/mol. The van der Waals surface area contributed by atoms with Crippen molar-refractivity contribution in [1.82, 2.24) is 0 Å². The van der Waals surface area contributed by atoms with E-state index in [2.05, 4.69) is 11.8 Å². The number of anilines is 1. The van der Waals surface area contributed by atoms with Crippen molar-refractivity contribution in [3.63, 3.8) is 0 Å². The zero-order chi connectivity index (χ0) is 14.0. The Kier molecular flexibility index (Phi) is 4.04. The zero-order valence-electron chi connectivity index (χ0n) is 11.5. The van der Waals surface area contributed by atoms with Crippen LogP contribution in [0.3, 0.4) is 0 Å². The summed E-state index contributed by atoms with van der Waals surface area (Å²) < 4.78 is 0. The van der Waals surface area contributed by atoms with Gasteiger partial charge in [0.2, 0.25) is 0 Å². The lowest BCUT2D eigenvalue weighted by molar-refractivity contribution is -0.384. The van der Waals surface area contributed by atoms with E-state index in [0.29, 0.717) is 18.5 Å². The topological polar surface area (TPSA) is 72.4 Å². The van der Waals surface area contributed by atoms with Crippen molar-refractivity contribution in [3.05, 3.63) is 33.9 Å². The summed E-state index contributed by atoms with van der Waals surface area (Å²) in [4.78, 5) is 12.7. The van der Waals surface area contributed by atoms with Crippen LogP contribution in [0.25, 0.3) is 0 Å². The van der Waals surface area contributed by atoms with Crippen LogP contribution in [0.1, 0.15) is 25.3 Å². The minimum atomic E-state index is -0.352. The molecule has 1 aliphatic heterocycles. The van der Waals surface area contributed by atoms with Gasteiger partial charge in [-0.1, -0.05) is 6.92 Å². The first-order valence-electron chi connectivity index (χ1n) is 6.74. The highest BCUT2D eigenvalue weighted by Crippen LogP contribution is 2.31. The van der Waals surface area contributed by atoms with Gasteiger partial charge in [0.15, 0.2) is 0 Å². The normalized spacial score (nSPS) is 23.4. The SMILES string of the molecule is Cc1cc([N+](=O)[O-])ccc1N1CCC(C)CC1CN. The molecule has 2 unspecified atom stereocenters. The summed E-state index contributed by atoms with van der Waals surface area (Å²) >= 11 is 0. The van der Waals surface area contributed by atoms with Crippen molar-refractivity contribution in [3.8, 4) is 0 Å². The number of nitro groups is 1. The van der Waals surface area contributed by atoms with E-state index >= 15 is 0 Å². The van der Waals surface area contributed by atoms with Gasteiger partial charge in [-0.05, 0) is 37.3 Å². The maximum atomic E-state index is 10.8. The second kappa shape index (κ2) is 5.57. The van der Waals surface area contributed by atoms with E-state index in [1.165, 1.54) is 0 Å². The average Bonchev–Trinajstić information content (AvgIpc) is 2.38. The molecular formula is C14H21N3O2. The first-order chi connectivity index (χ1) is 9.02. The van der Waals surface area contributed by atoms with E-state index in [1.54, 1.807) is 12.1 Å². The van der Waals surface area contributed by atoms with Crippen LogP contribution in [-0.2, 0) is 0 Å². The van der Waals surface area contributed by atoms with Gasteiger partial charge in [-0.25, -0.2) is 0 Å². The summed E-state index contributed by atoms with van der Waals surface area (Å²) in [7, 11) is 0. The quantitative estimate of drug-likeness (QED) is 0.671. The molecule has 2 rings (SSSR count). The van der Waals surface area contributed by atoms with E-state index in [-0.39, 0.29) is 10.6 Å². The van der Waals surface area contributed by atoms with Crippen LogP contribution < -0.4 is 10.6 Å². The van der Waals surface area contributed by atoms with Crippen molar-refractivity contribution in [1.29, 1.82) is 0 Å². The number of nitrogens with zero attached hydrogens (tertiary/aromatic N) is 2. The van der Waals surface area contributed by atoms with Crippen molar-refractivity contribution in [2.75, 3.05) is 18.0 Å². The van der Waals surface area contributed by atoms with Crippen molar-refractivity contribution >= 4 is 11.4 Å². The molecule has 0 aromatic heterocycles. The molecule has 19 heavy (non-hydrogen) atoms. The summed E-state index contributed by atoms with van der Waals surface area (Å²) in [5.74, 6) is 0.697. The molecule has 2 atom stereocenters. The van der Waals surface area contributed by atoms with Gasteiger partial charge < -0.3 is 10.6 Å². The number of nitro benzene ring substituents is 1. The van der Waals surface area contributed by atoms with Crippen LogP contribution in [-0.4, -0.2) is 24.1 Å². The Morgan fingerprint density at radius 2 is 2.26 bits per heavy atom. The lowest BCUT2D eigenvalue weighted by Gasteiger charge is -2.40. The molecule has 0 aliphatic carbocycles. The van der Waals surface area contributed by atoms with Crippen LogP contribution in [0.2, 0.25) is 0 Å². The molecule has 1 fully saturated rings. The second-order valence-electron chi connectivity index (χ2n) is 5.44. The molecule has 0 spiro atoms. The van der Waals surface area contributed by atoms with E-state index in [4.69, 9.17) is 5.73 Å². The third kappa shape index (κ3) is 2.87. The van der Waals surface area contributed by atoms with Gasteiger partial charge in [0.05, 0.1) is 4.92 Å². The Hall–Kier alpha value is -1.62. The molecule has 0 radical (unpaired) electrons. The molecule has 1 heterocycles. The van der Waals surface area contributed by atoms with Gasteiger partial charge in [-0.2, -0.15) is 0 Å². The molecule has 5 heteroatoms. The molecule has 5 nitrogen and oxygen atoms in total. The number of non-ortho nitro benzene ring substituents is 1. The number of piperidine rings is 1. The molecule has 1 aromatic rings. The summed E-state index contributed by atoms with van der Waals surface area (Å²) in [5, 5.41) is 10.8. The van der Waals surface area contributed by atoms with E-state index in [9.17, 15) is 10.1 Å². The Bertz CT molecular complexity index is 476. The summed E-state index contributed by atoms with van der Waals surface area (Å²) in [6.45, 7) is 5.78. The number of benzene rings is 1. The molecule has 0 saturated carbocycles. The zero-order valence-corrected chi connectivity index (χ0v) is 11.5. The number of hydrogen-bond donors (Lipinski definition) is 1. The first-order valence-corrected chi connectivity index (χ1v) is 6.74. The molecule has 0 amide bonds. The van der Waals surface area contributed by atoms with Gasteiger partial charge >= 0.3 is 0 Å². The Morgan fingerprint density at radius 3 is 2.84 bits per heavy atom. The Morgan fingerprint density at radius 1 is 1.53 bits per heavy atom. The van der Waals surface area contributed by atoms with Crippen molar-refractivity contribution in [2.24, 2.45) is 11.7 Å². The maximum absolute atomic E-state index is 10.8. The Balaban J connectivity index is 2.28. The third-order valence-electron chi connectivity index (χ3n) is 3.95. The molecule has 0 bridgehead atoms. The van der Waals surface area contributed by atoms with Crippen LogP contribution >= 0.6 is 0 Å². The highest BCUT2D eigenvalue weighted by Gasteiger charge is 2.26. The number of aryl methyl sites for hydroxylation is 1. The van der Waals surface area contributed by atoms with Crippen LogP contribution in [0, 0.1) is 23.0 Å². The molecule has 1 saturated heterocycles. The van der Waals surface area contributed by atoms with Crippen LogP contribution in [0.4, 0.5) is 11.4 Å². The molecule has 1 aromatic carbocycles. The predicted octanol–water partition coefficient (Wildman–Crippen LogP) is 2.47. The van der Waals surface area contributed by atoms with Gasteiger partial charge in [0.25, 0.3) is 5.69 Å². The third-order valence-corrected chi connectivity index (χ3v) is 3.95. The summed E-state index contributed by atoms with van der Waals surface area (Å²) in [5.41, 5.74) is 8.04. The van der Waals surface area contributed by atoms with Gasteiger partial charge in [-0.15, -0.1) is 0 Å². The number of rotatable bonds is 3. The van der Waals surface area contributed by atoms with Crippen molar-refractivity contribution in [2.45, 2.75) is 32.7 Å². The Labute approximate surface area is 113 Å². The maximum Gasteiger partial charge on any atom is 0.269 e. The smallest absolute Gasteiger partial charge is 0.269 e. The van der Waals surface area contributed by atoms with E-state index in [0.717, 1.165) is 30.6 Å². The average molecular weight is 263 g/mol. The fourth-order valence-corrected chi connectivity index (χ4v) is 2.87. The number of nitrogens with two attached hydrogens (primary N) is 1. The van der Waals surface area contributed by atoms with Gasteiger partial charge in [0.1, 0.15) is 0 Å². The van der Waals surface area contributed by atoms with Crippen LogP contribution in [0.5, 0.6) is 0 Å². The summed E-state index contributed by atoms with van der Waals surface area (Å²) in [6, 6.07) is 5.41. The molecule has 2 N–H and O–H groups in total. The second-order valence-corrected chi connectivity index (χ2v) is 5.44. The van der Waals surface area contributed by atoms with Gasteiger partial charge in [0, 0.05) is 37.0 Å². The van der Waals surface area contributed by atoms with Gasteiger partial charge in [-0.3, -0.25) is 10.1 Å². The van der Waals surface area contributed by atoms with Crippen molar-refractivity contribution < 1.29 is 4.92 Å². The molecule has 1 aliphatic rings. The largest absolute Gasteiger partial charge is 0.367 e. The number of hydrogen-bond acceptors (Lipinski definition) is 4.